The fraction of sp³-hybridized carbons (Fsp3) is 0.750. The number of rotatable bonds is 2. The van der Waals surface area contributed by atoms with Crippen LogP contribution in [-0.2, 0) is 0 Å². The van der Waals surface area contributed by atoms with Gasteiger partial charge in [0.15, 0.2) is 0 Å². The Bertz CT molecular complexity index is 214. The van der Waals surface area contributed by atoms with Gasteiger partial charge in [0.1, 0.15) is 0 Å². The monoisotopic (exact) mass is 189 g/mol. The first-order valence-corrected chi connectivity index (χ1v) is 5.34. The second-order valence-electron chi connectivity index (χ2n) is 3.18. The summed E-state index contributed by atoms with van der Waals surface area (Å²) in [6.45, 7) is 2.12. The Hall–Kier alpha value is 0.340. The van der Waals surface area contributed by atoms with Crippen LogP contribution in [0.1, 0.15) is 19.8 Å². The third kappa shape index (κ3) is 1.21. The molecule has 0 amide bonds. The van der Waals surface area contributed by atoms with Crippen LogP contribution in [0.5, 0.6) is 0 Å². The Morgan fingerprint density at radius 2 is 2.55 bits per heavy atom. The van der Waals surface area contributed by atoms with Crippen LogP contribution in [-0.4, -0.2) is 16.7 Å². The molecule has 11 heavy (non-hydrogen) atoms. The van der Waals surface area contributed by atoms with Crippen molar-refractivity contribution < 1.29 is 0 Å². The van der Waals surface area contributed by atoms with Crippen molar-refractivity contribution in [2.24, 2.45) is 5.73 Å². The summed E-state index contributed by atoms with van der Waals surface area (Å²) < 4.78 is 0. The van der Waals surface area contributed by atoms with Crippen molar-refractivity contribution in [1.82, 2.24) is 0 Å². The molecule has 0 bridgehead atoms. The summed E-state index contributed by atoms with van der Waals surface area (Å²) in [5.41, 5.74) is 7.38. The van der Waals surface area contributed by atoms with Crippen molar-refractivity contribution in [3.8, 4) is 0 Å². The normalized spacial score (nSPS) is 37.4. The van der Waals surface area contributed by atoms with Crippen molar-refractivity contribution in [3.05, 3.63) is 10.5 Å². The first kappa shape index (κ1) is 7.96. The first-order chi connectivity index (χ1) is 5.24. The summed E-state index contributed by atoms with van der Waals surface area (Å²) in [6.07, 6.45) is 2.20. The Kier molecular flexibility index (Phi) is 1.94. The predicted octanol–water partition coefficient (Wildman–Crippen LogP) is 2.10. The summed E-state index contributed by atoms with van der Waals surface area (Å²) in [5, 5.41) is 0.699. The van der Waals surface area contributed by atoms with Gasteiger partial charge in [0.05, 0.1) is 5.38 Å². The average molecular weight is 190 g/mol. The lowest BCUT2D eigenvalue weighted by Gasteiger charge is -2.22. The van der Waals surface area contributed by atoms with Gasteiger partial charge in [0.25, 0.3) is 0 Å². The lowest BCUT2D eigenvalue weighted by Crippen LogP contribution is -2.36. The highest BCUT2D eigenvalue weighted by molar-refractivity contribution is 8.04. The van der Waals surface area contributed by atoms with E-state index in [4.69, 9.17) is 17.3 Å². The van der Waals surface area contributed by atoms with E-state index in [2.05, 4.69) is 6.92 Å². The van der Waals surface area contributed by atoms with Crippen LogP contribution < -0.4 is 5.73 Å². The molecule has 62 valence electrons. The molecule has 0 fully saturated rings. The van der Waals surface area contributed by atoms with E-state index < -0.39 is 0 Å². The Labute approximate surface area is 76.4 Å². The molecule has 1 nitrogen and oxygen atoms in total. The molecule has 0 aromatic heterocycles. The lowest BCUT2D eigenvalue weighted by molar-refractivity contribution is 0.618. The summed E-state index contributed by atoms with van der Waals surface area (Å²) >= 11 is 8.09. The number of nitrogens with two attached hydrogens (primary N) is 1. The molecule has 0 spiro atoms. The van der Waals surface area contributed by atoms with E-state index in [0.717, 1.165) is 6.42 Å². The highest BCUT2D eigenvalue weighted by Gasteiger charge is 2.44. The van der Waals surface area contributed by atoms with E-state index in [0.29, 0.717) is 5.25 Å². The predicted molar refractivity (Wildman–Crippen MR) is 50.9 cm³/mol. The minimum atomic E-state index is 0.241. The van der Waals surface area contributed by atoms with E-state index in [1.54, 1.807) is 0 Å². The number of hydrogen-bond acceptors (Lipinski definition) is 2. The van der Waals surface area contributed by atoms with Crippen LogP contribution in [0.15, 0.2) is 10.5 Å². The largest absolute Gasteiger partial charge is 0.327 e. The quantitative estimate of drug-likeness (QED) is 0.674. The SMILES string of the molecule is CC[C@H](N)C1SC2=C(C2)C1Cl. The molecule has 2 unspecified atom stereocenters. The molecule has 0 aromatic carbocycles. The van der Waals surface area contributed by atoms with Gasteiger partial charge in [0.2, 0.25) is 0 Å². The van der Waals surface area contributed by atoms with E-state index >= 15 is 0 Å². The van der Waals surface area contributed by atoms with Gasteiger partial charge in [-0.15, -0.1) is 23.4 Å². The maximum absolute atomic E-state index is 6.19. The van der Waals surface area contributed by atoms with Crippen molar-refractivity contribution >= 4 is 23.4 Å². The Morgan fingerprint density at radius 1 is 1.82 bits per heavy atom. The van der Waals surface area contributed by atoms with Gasteiger partial charge < -0.3 is 5.73 Å². The van der Waals surface area contributed by atoms with Crippen LogP contribution in [0.4, 0.5) is 0 Å². The molecule has 2 rings (SSSR count). The molecule has 0 saturated heterocycles. The van der Waals surface area contributed by atoms with Gasteiger partial charge in [-0.05, 0) is 16.9 Å². The average Bonchev–Trinajstić information content (AvgIpc) is 2.71. The number of thioether (sulfide) groups is 1. The summed E-state index contributed by atoms with van der Waals surface area (Å²) in [5.74, 6) is 0. The lowest BCUT2D eigenvalue weighted by atomic mass is 10.1. The Balaban J connectivity index is 1.99. The van der Waals surface area contributed by atoms with E-state index in [1.165, 1.54) is 16.9 Å². The van der Waals surface area contributed by atoms with Crippen LogP contribution in [0.3, 0.4) is 0 Å². The molecule has 0 radical (unpaired) electrons. The molecule has 2 N–H and O–H groups in total. The minimum absolute atomic E-state index is 0.241. The standard InChI is InChI=1S/C8H12ClNS/c1-2-5(10)8-7(9)4-3-6(4)11-8/h5,7-8H,2-3,10H2,1H3/t5-,7?,8?/m0/s1. The molecular weight excluding hydrogens is 178 g/mol. The molecule has 3 atom stereocenters. The maximum Gasteiger partial charge on any atom is 0.0696 e. The van der Waals surface area contributed by atoms with Gasteiger partial charge in [-0.25, -0.2) is 0 Å². The fourth-order valence-electron chi connectivity index (χ4n) is 1.46. The molecule has 1 aliphatic carbocycles. The third-order valence-electron chi connectivity index (χ3n) is 2.38. The molecule has 0 aromatic rings. The third-order valence-corrected chi connectivity index (χ3v) is 4.65. The van der Waals surface area contributed by atoms with Gasteiger partial charge in [-0.1, -0.05) is 6.92 Å². The van der Waals surface area contributed by atoms with Crippen molar-refractivity contribution in [3.63, 3.8) is 0 Å². The first-order valence-electron chi connectivity index (χ1n) is 4.02. The van der Waals surface area contributed by atoms with Crippen LogP contribution >= 0.6 is 23.4 Å². The molecule has 3 heteroatoms. The highest BCUT2D eigenvalue weighted by Crippen LogP contribution is 2.56. The number of alkyl halides is 1. The minimum Gasteiger partial charge on any atom is -0.327 e. The van der Waals surface area contributed by atoms with E-state index in [-0.39, 0.29) is 11.4 Å². The van der Waals surface area contributed by atoms with E-state index in [1.807, 2.05) is 11.8 Å². The Morgan fingerprint density at radius 3 is 3.00 bits per heavy atom. The van der Waals surface area contributed by atoms with Crippen LogP contribution in [0.2, 0.25) is 0 Å². The summed E-state index contributed by atoms with van der Waals surface area (Å²) in [4.78, 5) is 1.51. The zero-order valence-corrected chi connectivity index (χ0v) is 8.08. The fourth-order valence-corrected chi connectivity index (χ4v) is 3.57. The maximum atomic E-state index is 6.19. The van der Waals surface area contributed by atoms with Crippen LogP contribution in [0.25, 0.3) is 0 Å². The second-order valence-corrected chi connectivity index (χ2v) is 4.92. The zero-order chi connectivity index (χ0) is 8.01. The molecule has 2 aliphatic rings. The van der Waals surface area contributed by atoms with Gasteiger partial charge >= 0.3 is 0 Å². The van der Waals surface area contributed by atoms with Gasteiger partial charge in [0, 0.05) is 17.7 Å². The molecule has 1 aliphatic heterocycles. The number of hydrogen-bond donors (Lipinski definition) is 1. The highest BCUT2D eigenvalue weighted by atomic mass is 35.5. The zero-order valence-electron chi connectivity index (χ0n) is 6.51. The topological polar surface area (TPSA) is 26.0 Å². The number of halogens is 1. The van der Waals surface area contributed by atoms with Crippen LogP contribution in [0, 0.1) is 0 Å². The summed E-state index contributed by atoms with van der Waals surface area (Å²) in [6, 6.07) is 0.273. The summed E-state index contributed by atoms with van der Waals surface area (Å²) in [7, 11) is 0. The van der Waals surface area contributed by atoms with Crippen molar-refractivity contribution in [1.29, 1.82) is 0 Å². The van der Waals surface area contributed by atoms with E-state index in [9.17, 15) is 0 Å². The number of allylic oxidation sites excluding steroid dienone is 2. The molecule has 0 saturated carbocycles. The van der Waals surface area contributed by atoms with Gasteiger partial charge in [-0.2, -0.15) is 0 Å². The smallest absolute Gasteiger partial charge is 0.0696 e. The molecular formula is C8H12ClNS. The van der Waals surface area contributed by atoms with Crippen molar-refractivity contribution in [2.45, 2.75) is 36.4 Å². The second kappa shape index (κ2) is 2.68. The molecule has 1 heterocycles. The van der Waals surface area contributed by atoms with Crippen molar-refractivity contribution in [2.75, 3.05) is 0 Å². The van der Waals surface area contributed by atoms with Gasteiger partial charge in [-0.3, -0.25) is 0 Å².